The second kappa shape index (κ2) is 5.56. The van der Waals surface area contributed by atoms with Crippen LogP contribution >= 0.6 is 0 Å². The molecule has 2 aromatic carbocycles. The molecule has 2 aliphatic heterocycles. The average molecular weight is 360 g/mol. The first-order valence-electron chi connectivity index (χ1n) is 8.13. The Balaban J connectivity index is 1.73. The summed E-state index contributed by atoms with van der Waals surface area (Å²) in [5.41, 5.74) is 3.22. The van der Waals surface area contributed by atoms with E-state index in [-0.39, 0.29) is 16.7 Å². The van der Waals surface area contributed by atoms with Gasteiger partial charge in [0.2, 0.25) is 5.91 Å². The Labute approximate surface area is 145 Å². The quantitative estimate of drug-likeness (QED) is 0.915. The fraction of sp³-hybridized carbons (Fsp3) is 0.278. The van der Waals surface area contributed by atoms with Gasteiger partial charge < -0.3 is 4.90 Å². The number of halogens is 1. The van der Waals surface area contributed by atoms with E-state index in [0.717, 1.165) is 41.8 Å². The highest BCUT2D eigenvalue weighted by Gasteiger charge is 2.38. The summed E-state index contributed by atoms with van der Waals surface area (Å²) >= 11 is 0. The van der Waals surface area contributed by atoms with E-state index in [2.05, 4.69) is 4.72 Å². The van der Waals surface area contributed by atoms with Gasteiger partial charge in [-0.05, 0) is 67.3 Å². The maximum Gasteiger partial charge on any atom is 0.261 e. The molecule has 0 unspecified atom stereocenters. The first-order valence-corrected chi connectivity index (χ1v) is 9.62. The van der Waals surface area contributed by atoms with Crippen LogP contribution in [0.3, 0.4) is 0 Å². The molecule has 1 atom stereocenters. The van der Waals surface area contributed by atoms with Crippen LogP contribution in [0.4, 0.5) is 15.8 Å². The zero-order valence-corrected chi connectivity index (χ0v) is 14.4. The maximum absolute atomic E-state index is 13.0. The van der Waals surface area contributed by atoms with Gasteiger partial charge in [0.25, 0.3) is 10.0 Å². The van der Waals surface area contributed by atoms with Crippen molar-refractivity contribution in [3.8, 4) is 0 Å². The van der Waals surface area contributed by atoms with Gasteiger partial charge in [-0.2, -0.15) is 0 Å². The molecule has 0 fully saturated rings. The number of carbonyl (C=O) groups excluding carboxylic acids is 1. The number of sulfonamides is 1. The Kier molecular flexibility index (Phi) is 3.57. The summed E-state index contributed by atoms with van der Waals surface area (Å²) in [6.45, 7) is 2.55. The Bertz CT molecular complexity index is 971. The van der Waals surface area contributed by atoms with Crippen molar-refractivity contribution in [1.82, 2.24) is 0 Å². The van der Waals surface area contributed by atoms with Crippen LogP contribution in [0.2, 0.25) is 0 Å². The lowest BCUT2D eigenvalue weighted by Gasteiger charge is -2.26. The minimum atomic E-state index is -3.81. The maximum atomic E-state index is 13.0. The summed E-state index contributed by atoms with van der Waals surface area (Å²) in [4.78, 5) is 14.2. The van der Waals surface area contributed by atoms with E-state index in [4.69, 9.17) is 0 Å². The molecule has 0 aliphatic carbocycles. The molecule has 130 valence electrons. The number of benzene rings is 2. The highest BCUT2D eigenvalue weighted by atomic mass is 32.2. The van der Waals surface area contributed by atoms with Gasteiger partial charge in [-0.3, -0.25) is 9.52 Å². The fourth-order valence-corrected chi connectivity index (χ4v) is 4.62. The van der Waals surface area contributed by atoms with Crippen LogP contribution in [0.15, 0.2) is 41.3 Å². The van der Waals surface area contributed by atoms with Crippen molar-refractivity contribution in [2.45, 2.75) is 30.6 Å². The van der Waals surface area contributed by atoms with Crippen LogP contribution in [0.1, 0.15) is 30.4 Å². The number of amides is 1. The number of hydrogen-bond acceptors (Lipinski definition) is 3. The molecule has 0 spiro atoms. The third kappa shape index (κ3) is 2.59. The zero-order chi connectivity index (χ0) is 17.8. The van der Waals surface area contributed by atoms with Gasteiger partial charge in [-0.1, -0.05) is 0 Å². The van der Waals surface area contributed by atoms with E-state index in [1.165, 1.54) is 12.1 Å². The Morgan fingerprint density at radius 1 is 1.20 bits per heavy atom. The van der Waals surface area contributed by atoms with Crippen molar-refractivity contribution >= 4 is 27.3 Å². The molecule has 25 heavy (non-hydrogen) atoms. The number of nitrogens with zero attached hydrogens (tertiary/aromatic N) is 1. The molecule has 2 heterocycles. The SMILES string of the molecule is C[C@@H]1C(=O)N2CCCc3cc(NS(=O)(=O)c4ccc(F)cc4)cc1c32. The zero-order valence-electron chi connectivity index (χ0n) is 13.6. The number of aryl methyl sites for hydroxylation is 1. The monoisotopic (exact) mass is 360 g/mol. The van der Waals surface area contributed by atoms with Gasteiger partial charge in [0.1, 0.15) is 5.82 Å². The summed E-state index contributed by atoms with van der Waals surface area (Å²) in [6.07, 6.45) is 1.67. The third-order valence-electron chi connectivity index (χ3n) is 4.80. The average Bonchev–Trinajstić information content (AvgIpc) is 2.82. The molecule has 1 amide bonds. The van der Waals surface area contributed by atoms with Crippen LogP contribution in [-0.2, 0) is 21.2 Å². The first-order chi connectivity index (χ1) is 11.9. The standard InChI is InChI=1S/C18H17FN2O3S/c1-11-16-10-14(9-12-3-2-8-21(17(12)16)18(11)22)20-25(23,24)15-6-4-13(19)5-7-15/h4-7,9-11,20H,2-3,8H2,1H3/t11-/m0/s1. The lowest BCUT2D eigenvalue weighted by molar-refractivity contribution is -0.119. The fourth-order valence-electron chi connectivity index (χ4n) is 3.58. The molecule has 0 bridgehead atoms. The molecule has 0 radical (unpaired) electrons. The highest BCUT2D eigenvalue weighted by molar-refractivity contribution is 7.92. The summed E-state index contributed by atoms with van der Waals surface area (Å²) in [5, 5.41) is 0. The van der Waals surface area contributed by atoms with Crippen LogP contribution in [0.5, 0.6) is 0 Å². The van der Waals surface area contributed by atoms with E-state index >= 15 is 0 Å². The largest absolute Gasteiger partial charge is 0.311 e. The van der Waals surface area contributed by atoms with Crippen molar-refractivity contribution in [2.75, 3.05) is 16.2 Å². The van der Waals surface area contributed by atoms with Crippen molar-refractivity contribution in [1.29, 1.82) is 0 Å². The van der Waals surface area contributed by atoms with Crippen LogP contribution in [0.25, 0.3) is 0 Å². The molecular weight excluding hydrogens is 343 g/mol. The number of rotatable bonds is 3. The third-order valence-corrected chi connectivity index (χ3v) is 6.19. The minimum absolute atomic E-state index is 0.00575. The lowest BCUT2D eigenvalue weighted by Crippen LogP contribution is -2.32. The summed E-state index contributed by atoms with van der Waals surface area (Å²) in [5.74, 6) is -0.704. The smallest absolute Gasteiger partial charge is 0.261 e. The van der Waals surface area contributed by atoms with Crippen molar-refractivity contribution in [3.05, 3.63) is 53.3 Å². The number of carbonyl (C=O) groups is 1. The van der Waals surface area contributed by atoms with Crippen LogP contribution < -0.4 is 9.62 Å². The van der Waals surface area contributed by atoms with Gasteiger partial charge in [-0.15, -0.1) is 0 Å². The van der Waals surface area contributed by atoms with Gasteiger partial charge in [0, 0.05) is 12.2 Å². The van der Waals surface area contributed by atoms with Gasteiger partial charge in [0.15, 0.2) is 0 Å². The van der Waals surface area contributed by atoms with Crippen LogP contribution in [0, 0.1) is 5.82 Å². The topological polar surface area (TPSA) is 66.5 Å². The van der Waals surface area contributed by atoms with E-state index in [1.807, 2.05) is 6.92 Å². The van der Waals surface area contributed by atoms with E-state index < -0.39 is 15.8 Å². The van der Waals surface area contributed by atoms with Crippen molar-refractivity contribution in [3.63, 3.8) is 0 Å². The summed E-state index contributed by atoms with van der Waals surface area (Å²) in [6, 6.07) is 8.19. The van der Waals surface area contributed by atoms with Crippen LogP contribution in [-0.4, -0.2) is 20.9 Å². The summed E-state index contributed by atoms with van der Waals surface area (Å²) < 4.78 is 40.6. The Morgan fingerprint density at radius 2 is 1.92 bits per heavy atom. The van der Waals surface area contributed by atoms with Gasteiger partial charge in [-0.25, -0.2) is 12.8 Å². The minimum Gasteiger partial charge on any atom is -0.311 e. The number of nitrogens with one attached hydrogen (secondary N) is 1. The number of anilines is 2. The molecule has 5 nitrogen and oxygen atoms in total. The molecule has 1 N–H and O–H groups in total. The second-order valence-electron chi connectivity index (χ2n) is 6.45. The predicted molar refractivity (Wildman–Crippen MR) is 92.7 cm³/mol. The van der Waals surface area contributed by atoms with E-state index in [0.29, 0.717) is 12.2 Å². The normalized spacial score (nSPS) is 19.0. The van der Waals surface area contributed by atoms with Crippen molar-refractivity contribution in [2.24, 2.45) is 0 Å². The predicted octanol–water partition coefficient (Wildman–Crippen LogP) is 3.02. The first kappa shape index (κ1) is 16.1. The molecule has 7 heteroatoms. The highest BCUT2D eigenvalue weighted by Crippen LogP contribution is 2.44. The molecular formula is C18H17FN2O3S. The van der Waals surface area contributed by atoms with Gasteiger partial charge >= 0.3 is 0 Å². The number of hydrogen-bond donors (Lipinski definition) is 1. The molecule has 0 saturated carbocycles. The summed E-state index contributed by atoms with van der Waals surface area (Å²) in [7, 11) is -3.81. The molecule has 2 aromatic rings. The Morgan fingerprint density at radius 3 is 2.64 bits per heavy atom. The Hall–Kier alpha value is -2.41. The second-order valence-corrected chi connectivity index (χ2v) is 8.13. The lowest BCUT2D eigenvalue weighted by atomic mass is 9.96. The molecule has 0 saturated heterocycles. The van der Waals surface area contributed by atoms with E-state index in [9.17, 15) is 17.6 Å². The molecule has 0 aromatic heterocycles. The van der Waals surface area contributed by atoms with Crippen molar-refractivity contribution < 1.29 is 17.6 Å². The molecule has 4 rings (SSSR count). The van der Waals surface area contributed by atoms with E-state index in [1.54, 1.807) is 17.0 Å². The molecule has 2 aliphatic rings. The van der Waals surface area contributed by atoms with Gasteiger partial charge in [0.05, 0.1) is 16.5 Å².